The summed E-state index contributed by atoms with van der Waals surface area (Å²) in [5.41, 5.74) is 2.51. The van der Waals surface area contributed by atoms with Gasteiger partial charge in [0.15, 0.2) is 0 Å². The molecular weight excluding hydrogens is 174 g/mol. The van der Waals surface area contributed by atoms with Gasteiger partial charge < -0.3 is 10.0 Å². The molecule has 1 rings (SSSR count). The average molecular weight is 193 g/mol. The van der Waals surface area contributed by atoms with Crippen molar-refractivity contribution in [1.29, 1.82) is 0 Å². The first-order valence-electron chi connectivity index (χ1n) is 4.98. The van der Waals surface area contributed by atoms with Gasteiger partial charge in [0.2, 0.25) is 0 Å². The maximum atomic E-state index is 8.99. The molecule has 0 aliphatic rings. The highest BCUT2D eigenvalue weighted by molar-refractivity contribution is 5.24. The van der Waals surface area contributed by atoms with Crippen molar-refractivity contribution in [3.05, 3.63) is 35.4 Å². The van der Waals surface area contributed by atoms with Gasteiger partial charge in [-0.2, -0.15) is 0 Å². The zero-order valence-electron chi connectivity index (χ0n) is 9.20. The van der Waals surface area contributed by atoms with Crippen LogP contribution >= 0.6 is 0 Å². The van der Waals surface area contributed by atoms with Crippen LogP contribution in [0.25, 0.3) is 0 Å². The fourth-order valence-corrected chi connectivity index (χ4v) is 1.42. The van der Waals surface area contributed by atoms with Crippen LogP contribution in [0.4, 0.5) is 0 Å². The van der Waals surface area contributed by atoms with Crippen LogP contribution in [0.2, 0.25) is 0 Å². The third-order valence-electron chi connectivity index (χ3n) is 2.32. The van der Waals surface area contributed by atoms with Gasteiger partial charge >= 0.3 is 0 Å². The molecule has 0 fully saturated rings. The van der Waals surface area contributed by atoms with E-state index in [0.29, 0.717) is 0 Å². The van der Waals surface area contributed by atoms with E-state index in [9.17, 15) is 0 Å². The van der Waals surface area contributed by atoms with Crippen molar-refractivity contribution in [1.82, 2.24) is 4.90 Å². The molecule has 0 saturated carbocycles. The second kappa shape index (κ2) is 5.13. The smallest absolute Gasteiger partial charge is 0.0497 e. The number of hydrogen-bond donors (Lipinski definition) is 1. The van der Waals surface area contributed by atoms with Crippen molar-refractivity contribution in [2.45, 2.75) is 19.4 Å². The fourth-order valence-electron chi connectivity index (χ4n) is 1.42. The topological polar surface area (TPSA) is 23.5 Å². The first-order chi connectivity index (χ1) is 6.63. The molecule has 0 heterocycles. The predicted molar refractivity (Wildman–Crippen MR) is 59.3 cm³/mol. The molecule has 0 aromatic heterocycles. The van der Waals surface area contributed by atoms with Gasteiger partial charge in [0.25, 0.3) is 0 Å². The molecule has 0 spiro atoms. The maximum absolute atomic E-state index is 8.99. The summed E-state index contributed by atoms with van der Waals surface area (Å²) in [6.07, 6.45) is 0. The number of aliphatic hydroxyl groups is 1. The number of nitrogens with zero attached hydrogens (tertiary/aromatic N) is 1. The lowest BCUT2D eigenvalue weighted by atomic mass is 10.0. The Bertz CT molecular complexity index is 266. The molecule has 1 N–H and O–H groups in total. The first-order valence-corrected chi connectivity index (χ1v) is 4.98. The van der Waals surface area contributed by atoms with Crippen molar-refractivity contribution in [2.75, 3.05) is 20.7 Å². The molecule has 78 valence electrons. The summed E-state index contributed by atoms with van der Waals surface area (Å²) in [7, 11) is 4.12. The van der Waals surface area contributed by atoms with Gasteiger partial charge in [-0.15, -0.1) is 0 Å². The molecule has 0 radical (unpaired) electrons. The lowest BCUT2D eigenvalue weighted by Crippen LogP contribution is -2.10. The number of aliphatic hydroxyl groups excluding tert-OH is 1. The number of rotatable bonds is 4. The molecule has 0 bridgehead atoms. The first kappa shape index (κ1) is 11.2. The fraction of sp³-hybridized carbons (Fsp3) is 0.500. The average Bonchev–Trinajstić information content (AvgIpc) is 2.17. The predicted octanol–water partition coefficient (Wildman–Crippen LogP) is 1.84. The Balaban J connectivity index is 2.68. The standard InChI is InChI=1S/C12H19NO/c1-10(9-14)12-6-4-11(5-7-12)8-13(2)3/h4-7,10,14H,8-9H2,1-3H3/t10-/m1/s1. The Hall–Kier alpha value is -0.860. The Kier molecular flexibility index (Phi) is 4.11. The van der Waals surface area contributed by atoms with Gasteiger partial charge in [-0.3, -0.25) is 0 Å². The van der Waals surface area contributed by atoms with E-state index in [-0.39, 0.29) is 12.5 Å². The minimum Gasteiger partial charge on any atom is -0.396 e. The zero-order valence-corrected chi connectivity index (χ0v) is 9.20. The van der Waals surface area contributed by atoms with Gasteiger partial charge in [-0.05, 0) is 25.2 Å². The van der Waals surface area contributed by atoms with Crippen LogP contribution in [0, 0.1) is 0 Å². The molecule has 2 nitrogen and oxygen atoms in total. The Morgan fingerprint density at radius 1 is 1.21 bits per heavy atom. The van der Waals surface area contributed by atoms with Gasteiger partial charge in [-0.25, -0.2) is 0 Å². The number of hydrogen-bond acceptors (Lipinski definition) is 2. The van der Waals surface area contributed by atoms with Gasteiger partial charge in [0.05, 0.1) is 0 Å². The molecule has 0 aliphatic carbocycles. The quantitative estimate of drug-likeness (QED) is 0.788. The second-order valence-electron chi connectivity index (χ2n) is 4.06. The van der Waals surface area contributed by atoms with E-state index < -0.39 is 0 Å². The van der Waals surface area contributed by atoms with Gasteiger partial charge in [0.1, 0.15) is 0 Å². The molecule has 0 saturated heterocycles. The van der Waals surface area contributed by atoms with Crippen molar-refractivity contribution < 1.29 is 5.11 Å². The largest absolute Gasteiger partial charge is 0.396 e. The van der Waals surface area contributed by atoms with E-state index in [1.807, 2.05) is 6.92 Å². The summed E-state index contributed by atoms with van der Waals surface area (Å²) in [5, 5.41) is 8.99. The van der Waals surface area contributed by atoms with E-state index in [2.05, 4.69) is 43.3 Å². The lowest BCUT2D eigenvalue weighted by Gasteiger charge is -2.12. The molecule has 0 aliphatic heterocycles. The van der Waals surface area contributed by atoms with Gasteiger partial charge in [-0.1, -0.05) is 31.2 Å². The Labute approximate surface area is 86.2 Å². The summed E-state index contributed by atoms with van der Waals surface area (Å²) in [6, 6.07) is 8.45. The lowest BCUT2D eigenvalue weighted by molar-refractivity contribution is 0.273. The van der Waals surface area contributed by atoms with Crippen LogP contribution in [-0.2, 0) is 6.54 Å². The summed E-state index contributed by atoms with van der Waals surface area (Å²) >= 11 is 0. The van der Waals surface area contributed by atoms with Crippen molar-refractivity contribution in [3.8, 4) is 0 Å². The van der Waals surface area contributed by atoms with Crippen LogP contribution in [0.1, 0.15) is 24.0 Å². The highest BCUT2D eigenvalue weighted by Crippen LogP contribution is 2.15. The molecule has 14 heavy (non-hydrogen) atoms. The van der Waals surface area contributed by atoms with Crippen LogP contribution in [0.15, 0.2) is 24.3 Å². The molecular formula is C12H19NO. The molecule has 0 unspecified atom stereocenters. The van der Waals surface area contributed by atoms with E-state index in [4.69, 9.17) is 5.11 Å². The van der Waals surface area contributed by atoms with E-state index in [1.165, 1.54) is 11.1 Å². The normalized spacial score (nSPS) is 13.2. The molecule has 1 atom stereocenters. The van der Waals surface area contributed by atoms with Crippen molar-refractivity contribution >= 4 is 0 Å². The minimum atomic E-state index is 0.215. The zero-order chi connectivity index (χ0) is 10.6. The van der Waals surface area contributed by atoms with Crippen LogP contribution < -0.4 is 0 Å². The van der Waals surface area contributed by atoms with E-state index in [1.54, 1.807) is 0 Å². The second-order valence-corrected chi connectivity index (χ2v) is 4.06. The summed E-state index contributed by atoms with van der Waals surface area (Å²) in [4.78, 5) is 2.14. The van der Waals surface area contributed by atoms with Crippen LogP contribution in [0.3, 0.4) is 0 Å². The monoisotopic (exact) mass is 193 g/mol. The third kappa shape index (κ3) is 3.13. The SMILES string of the molecule is C[C@H](CO)c1ccc(CN(C)C)cc1. The highest BCUT2D eigenvalue weighted by Gasteiger charge is 2.03. The molecule has 1 aromatic rings. The highest BCUT2D eigenvalue weighted by atomic mass is 16.3. The third-order valence-corrected chi connectivity index (χ3v) is 2.32. The minimum absolute atomic E-state index is 0.215. The van der Waals surface area contributed by atoms with Crippen LogP contribution in [-0.4, -0.2) is 30.7 Å². The summed E-state index contributed by atoms with van der Waals surface area (Å²) in [5.74, 6) is 0.239. The van der Waals surface area contributed by atoms with E-state index in [0.717, 1.165) is 6.54 Å². The summed E-state index contributed by atoms with van der Waals surface area (Å²) < 4.78 is 0. The Morgan fingerprint density at radius 3 is 2.21 bits per heavy atom. The maximum Gasteiger partial charge on any atom is 0.0497 e. The van der Waals surface area contributed by atoms with Gasteiger partial charge in [0, 0.05) is 19.1 Å². The molecule has 2 heteroatoms. The molecule has 1 aromatic carbocycles. The van der Waals surface area contributed by atoms with E-state index >= 15 is 0 Å². The van der Waals surface area contributed by atoms with Crippen LogP contribution in [0.5, 0.6) is 0 Å². The molecule has 0 amide bonds. The summed E-state index contributed by atoms with van der Waals surface area (Å²) in [6.45, 7) is 3.21. The Morgan fingerprint density at radius 2 is 1.79 bits per heavy atom. The number of benzene rings is 1. The van der Waals surface area contributed by atoms with Crippen molar-refractivity contribution in [3.63, 3.8) is 0 Å². The van der Waals surface area contributed by atoms with Crippen molar-refractivity contribution in [2.24, 2.45) is 0 Å².